The summed E-state index contributed by atoms with van der Waals surface area (Å²) in [5, 5.41) is 8.56. The van der Waals surface area contributed by atoms with Crippen molar-refractivity contribution in [3.05, 3.63) is 0 Å². The van der Waals surface area contributed by atoms with Crippen LogP contribution in [0.4, 0.5) is 0 Å². The molecule has 0 aromatic rings. The Morgan fingerprint density at radius 1 is 1.75 bits per heavy atom. The number of aliphatic hydroxyl groups is 1. The lowest BCUT2D eigenvalue weighted by molar-refractivity contribution is 0.215. The number of hydrogen-bond donors (Lipinski definition) is 2. The maximum Gasteiger partial charge on any atom is 0.200 e. The summed E-state index contributed by atoms with van der Waals surface area (Å²) < 4.78 is 10.4. The molecule has 50 valence electrons. The second-order valence-corrected chi connectivity index (χ2v) is 4.55. The maximum absolute atomic E-state index is 10.4. The highest BCUT2D eigenvalue weighted by molar-refractivity contribution is 7.57. The molecule has 0 saturated heterocycles. The van der Waals surface area contributed by atoms with Crippen LogP contribution in [0, 0.1) is 0 Å². The molecule has 0 aromatic carbocycles. The fraction of sp³-hybridized carbons (Fsp3) is 1.00. The molecule has 4 heteroatoms. The Labute approximate surface area is 48.8 Å². The van der Waals surface area contributed by atoms with E-state index in [1.807, 2.05) is 0 Å². The molecule has 0 aliphatic heterocycles. The van der Waals surface area contributed by atoms with Crippen LogP contribution in [0.5, 0.6) is 0 Å². The molecule has 3 nitrogen and oxygen atoms in total. The fourth-order valence-corrected chi connectivity index (χ4v) is 1.47. The first-order valence-corrected chi connectivity index (χ1v) is 4.68. The molecule has 2 N–H and O–H groups in total. The van der Waals surface area contributed by atoms with Crippen molar-refractivity contribution in [3.8, 4) is 0 Å². The van der Waals surface area contributed by atoms with Crippen molar-refractivity contribution in [1.82, 2.24) is 0 Å². The molecular weight excluding hydrogens is 127 g/mol. The van der Waals surface area contributed by atoms with Crippen LogP contribution in [0.2, 0.25) is 0 Å². The van der Waals surface area contributed by atoms with E-state index < -0.39 is 13.5 Å². The SMILES string of the molecule is CC(O)CP(C)(=O)O. The van der Waals surface area contributed by atoms with E-state index in [4.69, 9.17) is 10.00 Å². The summed E-state index contributed by atoms with van der Waals surface area (Å²) in [7, 11) is -2.97. The Morgan fingerprint density at radius 3 is 2.12 bits per heavy atom. The highest BCUT2D eigenvalue weighted by Crippen LogP contribution is 2.35. The summed E-state index contributed by atoms with van der Waals surface area (Å²) in [5.74, 6) is 0. The lowest BCUT2D eigenvalue weighted by Gasteiger charge is -2.05. The monoisotopic (exact) mass is 138 g/mol. The Balaban J connectivity index is 3.56. The second kappa shape index (κ2) is 2.62. The quantitative estimate of drug-likeness (QED) is 0.538. The van der Waals surface area contributed by atoms with Crippen molar-refractivity contribution >= 4 is 7.37 Å². The van der Waals surface area contributed by atoms with Gasteiger partial charge in [-0.05, 0) is 6.92 Å². The van der Waals surface area contributed by atoms with E-state index >= 15 is 0 Å². The van der Waals surface area contributed by atoms with Gasteiger partial charge in [0.15, 0.2) is 7.37 Å². The van der Waals surface area contributed by atoms with E-state index in [2.05, 4.69) is 0 Å². The zero-order valence-electron chi connectivity index (χ0n) is 5.03. The van der Waals surface area contributed by atoms with Crippen LogP contribution in [-0.2, 0) is 4.57 Å². The minimum Gasteiger partial charge on any atom is -0.393 e. The minimum atomic E-state index is -2.97. The molecule has 0 saturated carbocycles. The summed E-state index contributed by atoms with van der Waals surface area (Å²) in [5.41, 5.74) is 0. The molecule has 0 radical (unpaired) electrons. The summed E-state index contributed by atoms with van der Waals surface area (Å²) in [6, 6.07) is 0. The molecule has 0 amide bonds. The summed E-state index contributed by atoms with van der Waals surface area (Å²) >= 11 is 0. The lowest BCUT2D eigenvalue weighted by Crippen LogP contribution is -2.05. The number of hydrogen-bond acceptors (Lipinski definition) is 2. The lowest BCUT2D eigenvalue weighted by atomic mass is 10.5. The zero-order valence-corrected chi connectivity index (χ0v) is 5.93. The second-order valence-electron chi connectivity index (χ2n) is 2.08. The smallest absolute Gasteiger partial charge is 0.200 e. The Morgan fingerprint density at radius 2 is 2.12 bits per heavy atom. The normalized spacial score (nSPS) is 22.0. The van der Waals surface area contributed by atoms with Gasteiger partial charge in [0, 0.05) is 6.66 Å². The van der Waals surface area contributed by atoms with E-state index in [0.717, 1.165) is 0 Å². The molecule has 2 atom stereocenters. The molecule has 0 heterocycles. The third-order valence-electron chi connectivity index (χ3n) is 0.603. The predicted octanol–water partition coefficient (Wildman–Crippen LogP) is 0.267. The standard InChI is InChI=1S/C4H11O3P/c1-4(5)3-8(2,6)7/h4-5H,3H2,1-2H3,(H,6,7). The molecule has 0 aromatic heterocycles. The molecule has 0 spiro atoms. The molecule has 0 bridgehead atoms. The van der Waals surface area contributed by atoms with Crippen molar-refractivity contribution in [2.24, 2.45) is 0 Å². The van der Waals surface area contributed by atoms with Gasteiger partial charge in [0.2, 0.25) is 0 Å². The van der Waals surface area contributed by atoms with Gasteiger partial charge in [-0.15, -0.1) is 0 Å². The molecule has 0 aliphatic rings. The number of rotatable bonds is 2. The fourth-order valence-electron chi connectivity index (χ4n) is 0.490. The summed E-state index contributed by atoms with van der Waals surface area (Å²) in [6.07, 6.45) is -0.677. The van der Waals surface area contributed by atoms with Crippen molar-refractivity contribution in [2.75, 3.05) is 12.8 Å². The highest BCUT2D eigenvalue weighted by Gasteiger charge is 2.12. The summed E-state index contributed by atoms with van der Waals surface area (Å²) in [4.78, 5) is 8.58. The van der Waals surface area contributed by atoms with Crippen LogP contribution in [0.1, 0.15) is 6.92 Å². The van der Waals surface area contributed by atoms with Gasteiger partial charge in [-0.3, -0.25) is 4.57 Å². The van der Waals surface area contributed by atoms with Crippen LogP contribution < -0.4 is 0 Å². The average Bonchev–Trinajstić information content (AvgIpc) is 1.21. The van der Waals surface area contributed by atoms with Gasteiger partial charge >= 0.3 is 0 Å². The van der Waals surface area contributed by atoms with Crippen LogP contribution >= 0.6 is 7.37 Å². The van der Waals surface area contributed by atoms with Gasteiger partial charge in [-0.25, -0.2) is 0 Å². The Kier molecular flexibility index (Phi) is 2.67. The van der Waals surface area contributed by atoms with Gasteiger partial charge in [-0.1, -0.05) is 0 Å². The number of aliphatic hydroxyl groups excluding tert-OH is 1. The minimum absolute atomic E-state index is 0.00694. The van der Waals surface area contributed by atoms with Crippen LogP contribution in [0.3, 0.4) is 0 Å². The first-order chi connectivity index (χ1) is 3.42. The van der Waals surface area contributed by atoms with Crippen molar-refractivity contribution in [3.63, 3.8) is 0 Å². The molecule has 0 fully saturated rings. The van der Waals surface area contributed by atoms with E-state index in [-0.39, 0.29) is 6.16 Å². The van der Waals surface area contributed by atoms with E-state index in [0.29, 0.717) is 0 Å². The van der Waals surface area contributed by atoms with Gasteiger partial charge in [-0.2, -0.15) is 0 Å². The van der Waals surface area contributed by atoms with E-state index in [1.54, 1.807) is 0 Å². The van der Waals surface area contributed by atoms with Gasteiger partial charge in [0.25, 0.3) is 0 Å². The third kappa shape index (κ3) is 6.15. The Hall–Kier alpha value is 0.150. The van der Waals surface area contributed by atoms with Crippen LogP contribution in [0.15, 0.2) is 0 Å². The molecule has 8 heavy (non-hydrogen) atoms. The van der Waals surface area contributed by atoms with Gasteiger partial charge in [0.1, 0.15) is 0 Å². The van der Waals surface area contributed by atoms with Crippen LogP contribution in [0.25, 0.3) is 0 Å². The first-order valence-electron chi connectivity index (χ1n) is 2.39. The highest BCUT2D eigenvalue weighted by atomic mass is 31.2. The van der Waals surface area contributed by atoms with E-state index in [9.17, 15) is 4.57 Å². The molecule has 2 unspecified atom stereocenters. The molecule has 0 aliphatic carbocycles. The average molecular weight is 138 g/mol. The summed E-state index contributed by atoms with van der Waals surface area (Å²) in [6.45, 7) is 2.73. The van der Waals surface area contributed by atoms with Crippen molar-refractivity contribution in [2.45, 2.75) is 13.0 Å². The predicted molar refractivity (Wildman–Crippen MR) is 32.3 cm³/mol. The molecular formula is C4H11O3P. The van der Waals surface area contributed by atoms with Crippen molar-refractivity contribution < 1.29 is 14.6 Å². The topological polar surface area (TPSA) is 57.5 Å². The largest absolute Gasteiger partial charge is 0.393 e. The van der Waals surface area contributed by atoms with Crippen molar-refractivity contribution in [1.29, 1.82) is 0 Å². The van der Waals surface area contributed by atoms with Gasteiger partial charge in [0.05, 0.1) is 12.3 Å². The Bertz CT molecular complexity index is 104. The molecule has 0 rings (SSSR count). The third-order valence-corrected chi connectivity index (χ3v) is 1.81. The van der Waals surface area contributed by atoms with Crippen LogP contribution in [-0.4, -0.2) is 28.9 Å². The zero-order chi connectivity index (χ0) is 6.78. The maximum atomic E-state index is 10.4. The van der Waals surface area contributed by atoms with E-state index in [1.165, 1.54) is 13.6 Å². The van der Waals surface area contributed by atoms with Gasteiger partial charge < -0.3 is 10.00 Å². The first kappa shape index (κ1) is 8.15.